The van der Waals surface area contributed by atoms with Crippen molar-refractivity contribution in [2.45, 2.75) is 13.0 Å². The molecule has 0 saturated carbocycles. The van der Waals surface area contributed by atoms with E-state index in [-0.39, 0.29) is 11.9 Å². The van der Waals surface area contributed by atoms with E-state index in [0.29, 0.717) is 4.47 Å². The molecule has 1 atom stereocenters. The first kappa shape index (κ1) is 15.0. The van der Waals surface area contributed by atoms with Crippen LogP contribution >= 0.6 is 15.9 Å². The third kappa shape index (κ3) is 3.02. The van der Waals surface area contributed by atoms with Crippen molar-refractivity contribution in [3.63, 3.8) is 0 Å². The van der Waals surface area contributed by atoms with Gasteiger partial charge in [-0.1, -0.05) is 18.2 Å². The minimum absolute atomic E-state index is 0.0126. The van der Waals surface area contributed by atoms with Crippen LogP contribution in [-0.2, 0) is 0 Å². The minimum atomic E-state index is -0.259. The highest BCUT2D eigenvalue weighted by Crippen LogP contribution is 2.29. The van der Waals surface area contributed by atoms with Gasteiger partial charge < -0.3 is 10.1 Å². The molecule has 2 aromatic carbocycles. The van der Waals surface area contributed by atoms with Gasteiger partial charge in [0.2, 0.25) is 0 Å². The number of hydrogen-bond donors (Lipinski definition) is 1. The lowest BCUT2D eigenvalue weighted by Gasteiger charge is -2.19. The highest BCUT2D eigenvalue weighted by atomic mass is 79.9. The van der Waals surface area contributed by atoms with Gasteiger partial charge in [0, 0.05) is 0 Å². The third-order valence-electron chi connectivity index (χ3n) is 3.33. The molecule has 0 radical (unpaired) electrons. The predicted molar refractivity (Wildman–Crippen MR) is 82.7 cm³/mol. The molecular formula is C16H17BrFNO. The average molecular weight is 338 g/mol. The van der Waals surface area contributed by atoms with Crippen LogP contribution in [0.2, 0.25) is 0 Å². The number of aryl methyl sites for hydroxylation is 1. The van der Waals surface area contributed by atoms with Crippen molar-refractivity contribution in [3.8, 4) is 5.75 Å². The second kappa shape index (κ2) is 6.37. The quantitative estimate of drug-likeness (QED) is 0.902. The fourth-order valence-electron chi connectivity index (χ4n) is 2.23. The number of hydrogen-bond acceptors (Lipinski definition) is 2. The van der Waals surface area contributed by atoms with E-state index in [1.165, 1.54) is 6.07 Å². The van der Waals surface area contributed by atoms with Gasteiger partial charge in [-0.05, 0) is 64.8 Å². The summed E-state index contributed by atoms with van der Waals surface area (Å²) >= 11 is 3.23. The zero-order chi connectivity index (χ0) is 14.7. The highest BCUT2D eigenvalue weighted by molar-refractivity contribution is 9.10. The van der Waals surface area contributed by atoms with Crippen LogP contribution in [0.1, 0.15) is 22.7 Å². The average Bonchev–Trinajstić information content (AvgIpc) is 2.45. The molecule has 0 aliphatic carbocycles. The van der Waals surface area contributed by atoms with Crippen molar-refractivity contribution in [1.29, 1.82) is 0 Å². The zero-order valence-corrected chi connectivity index (χ0v) is 13.3. The predicted octanol–water partition coefficient (Wildman–Crippen LogP) is 4.21. The molecule has 1 N–H and O–H groups in total. The van der Waals surface area contributed by atoms with Crippen molar-refractivity contribution in [3.05, 3.63) is 63.4 Å². The molecule has 0 bridgehead atoms. The molecule has 0 aliphatic rings. The van der Waals surface area contributed by atoms with Gasteiger partial charge in [-0.2, -0.15) is 0 Å². The summed E-state index contributed by atoms with van der Waals surface area (Å²) in [7, 11) is 3.54. The molecule has 2 rings (SSSR count). The molecule has 0 fully saturated rings. The van der Waals surface area contributed by atoms with E-state index in [1.807, 2.05) is 26.1 Å². The molecule has 0 heterocycles. The maximum atomic E-state index is 13.4. The van der Waals surface area contributed by atoms with Gasteiger partial charge in [-0.3, -0.25) is 0 Å². The summed E-state index contributed by atoms with van der Waals surface area (Å²) in [5.41, 5.74) is 3.16. The van der Waals surface area contributed by atoms with Gasteiger partial charge in [0.25, 0.3) is 0 Å². The maximum Gasteiger partial charge on any atom is 0.137 e. The molecule has 20 heavy (non-hydrogen) atoms. The van der Waals surface area contributed by atoms with Crippen molar-refractivity contribution in [1.82, 2.24) is 5.32 Å². The fourth-order valence-corrected chi connectivity index (χ4v) is 2.63. The Morgan fingerprint density at radius 1 is 1.15 bits per heavy atom. The lowest BCUT2D eigenvalue weighted by Crippen LogP contribution is -2.17. The number of halogens is 2. The van der Waals surface area contributed by atoms with Gasteiger partial charge in [0.1, 0.15) is 11.6 Å². The van der Waals surface area contributed by atoms with Crippen molar-refractivity contribution in [2.75, 3.05) is 14.2 Å². The fraction of sp³-hybridized carbons (Fsp3) is 0.250. The highest BCUT2D eigenvalue weighted by Gasteiger charge is 2.15. The lowest BCUT2D eigenvalue weighted by molar-refractivity contribution is 0.410. The van der Waals surface area contributed by atoms with Gasteiger partial charge in [-0.15, -0.1) is 0 Å². The van der Waals surface area contributed by atoms with Gasteiger partial charge in [0.15, 0.2) is 0 Å². The Labute approximate surface area is 127 Å². The SMILES string of the molecule is CNC(c1ccc(F)c(Br)c1)c1ccc(C)c(OC)c1. The molecule has 2 nitrogen and oxygen atoms in total. The maximum absolute atomic E-state index is 13.4. The Balaban J connectivity index is 2.43. The van der Waals surface area contributed by atoms with Gasteiger partial charge in [0.05, 0.1) is 17.6 Å². The van der Waals surface area contributed by atoms with E-state index in [1.54, 1.807) is 19.2 Å². The lowest BCUT2D eigenvalue weighted by atomic mass is 9.97. The van der Waals surface area contributed by atoms with E-state index in [2.05, 4.69) is 27.3 Å². The van der Waals surface area contributed by atoms with E-state index < -0.39 is 0 Å². The summed E-state index contributed by atoms with van der Waals surface area (Å²) in [5.74, 6) is 0.592. The summed E-state index contributed by atoms with van der Waals surface area (Å²) < 4.78 is 19.2. The van der Waals surface area contributed by atoms with Crippen LogP contribution in [-0.4, -0.2) is 14.2 Å². The normalized spacial score (nSPS) is 12.2. The second-order valence-electron chi connectivity index (χ2n) is 4.62. The summed E-state index contributed by atoms with van der Waals surface area (Å²) in [6.45, 7) is 2.01. The monoisotopic (exact) mass is 337 g/mol. The molecule has 4 heteroatoms. The molecule has 1 unspecified atom stereocenters. The van der Waals surface area contributed by atoms with E-state index in [9.17, 15) is 4.39 Å². The summed E-state index contributed by atoms with van der Waals surface area (Å²) in [4.78, 5) is 0. The van der Waals surface area contributed by atoms with Crippen molar-refractivity contribution in [2.24, 2.45) is 0 Å². The number of nitrogens with one attached hydrogen (secondary N) is 1. The van der Waals surface area contributed by atoms with Crippen LogP contribution in [0.15, 0.2) is 40.9 Å². The number of benzene rings is 2. The minimum Gasteiger partial charge on any atom is -0.496 e. The summed E-state index contributed by atoms with van der Waals surface area (Å²) in [5, 5.41) is 3.25. The second-order valence-corrected chi connectivity index (χ2v) is 5.48. The molecular weight excluding hydrogens is 321 g/mol. The molecule has 0 amide bonds. The van der Waals surface area contributed by atoms with Gasteiger partial charge >= 0.3 is 0 Å². The van der Waals surface area contributed by atoms with E-state index in [4.69, 9.17) is 4.74 Å². The number of methoxy groups -OCH3 is 1. The largest absolute Gasteiger partial charge is 0.496 e. The van der Waals surface area contributed by atoms with Crippen molar-refractivity contribution < 1.29 is 9.13 Å². The number of ether oxygens (including phenoxy) is 1. The van der Waals surface area contributed by atoms with Crippen LogP contribution in [0.5, 0.6) is 5.75 Å². The Kier molecular flexibility index (Phi) is 4.78. The molecule has 0 spiro atoms. The van der Waals surface area contributed by atoms with Crippen LogP contribution in [0, 0.1) is 12.7 Å². The van der Waals surface area contributed by atoms with E-state index in [0.717, 1.165) is 22.4 Å². The number of rotatable bonds is 4. The van der Waals surface area contributed by atoms with Gasteiger partial charge in [-0.25, -0.2) is 4.39 Å². The molecule has 2 aromatic rings. The summed E-state index contributed by atoms with van der Waals surface area (Å²) in [6.07, 6.45) is 0. The Hall–Kier alpha value is -1.39. The standard InChI is InChI=1S/C16H17BrFNO/c1-10-4-5-12(9-15(10)20-3)16(19-2)11-6-7-14(18)13(17)8-11/h4-9,16,19H,1-3H3. The first-order valence-corrected chi connectivity index (χ1v) is 7.13. The smallest absolute Gasteiger partial charge is 0.137 e. The third-order valence-corrected chi connectivity index (χ3v) is 3.94. The van der Waals surface area contributed by atoms with Crippen LogP contribution < -0.4 is 10.1 Å². The Morgan fingerprint density at radius 2 is 1.80 bits per heavy atom. The molecule has 0 aliphatic heterocycles. The zero-order valence-electron chi connectivity index (χ0n) is 11.7. The molecule has 0 saturated heterocycles. The molecule has 0 aromatic heterocycles. The summed E-state index contributed by atoms with van der Waals surface area (Å²) in [6, 6.07) is 11.1. The Morgan fingerprint density at radius 3 is 2.40 bits per heavy atom. The van der Waals surface area contributed by atoms with Crippen LogP contribution in [0.4, 0.5) is 4.39 Å². The topological polar surface area (TPSA) is 21.3 Å². The van der Waals surface area contributed by atoms with Crippen molar-refractivity contribution >= 4 is 15.9 Å². The van der Waals surface area contributed by atoms with E-state index >= 15 is 0 Å². The first-order chi connectivity index (χ1) is 9.56. The molecule has 106 valence electrons. The first-order valence-electron chi connectivity index (χ1n) is 6.33. The van der Waals surface area contributed by atoms with Crippen LogP contribution in [0.3, 0.4) is 0 Å². The Bertz CT molecular complexity index is 615. The van der Waals surface area contributed by atoms with Crippen LogP contribution in [0.25, 0.3) is 0 Å².